The molecule has 0 atom stereocenters. The van der Waals surface area contributed by atoms with Gasteiger partial charge >= 0.3 is 11.9 Å². The number of rotatable bonds is 3. The zero-order valence-electron chi connectivity index (χ0n) is 10.4. The highest BCUT2D eigenvalue weighted by molar-refractivity contribution is 7.85. The molecule has 7 heteroatoms. The molecule has 0 aliphatic carbocycles. The minimum atomic E-state index is -1.19. The fraction of sp³-hybridized carbons (Fsp3) is 0. The van der Waals surface area contributed by atoms with Crippen molar-refractivity contribution in [1.82, 2.24) is 0 Å². The van der Waals surface area contributed by atoms with E-state index in [2.05, 4.69) is 37.9 Å². The van der Waals surface area contributed by atoms with Gasteiger partial charge in [0.05, 0.1) is 11.1 Å². The minimum absolute atomic E-state index is 0.0960. The SMILES string of the molecule is O=C(O)c1cc(C(=O)O)cc(-c2cc(S)c(S)c(S)c2)c1. The van der Waals surface area contributed by atoms with Crippen molar-refractivity contribution in [1.29, 1.82) is 0 Å². The highest BCUT2D eigenvalue weighted by atomic mass is 32.1. The quantitative estimate of drug-likeness (QED) is 0.554. The van der Waals surface area contributed by atoms with E-state index in [4.69, 9.17) is 10.2 Å². The lowest BCUT2D eigenvalue weighted by atomic mass is 9.99. The molecule has 2 aromatic carbocycles. The van der Waals surface area contributed by atoms with Crippen molar-refractivity contribution < 1.29 is 19.8 Å². The Morgan fingerprint density at radius 3 is 1.48 bits per heavy atom. The van der Waals surface area contributed by atoms with E-state index in [0.29, 0.717) is 25.8 Å². The number of hydrogen-bond donors (Lipinski definition) is 5. The molecule has 0 saturated heterocycles. The lowest BCUT2D eigenvalue weighted by Gasteiger charge is -2.09. The Hall–Kier alpha value is -1.57. The van der Waals surface area contributed by atoms with Crippen molar-refractivity contribution >= 4 is 49.8 Å². The summed E-state index contributed by atoms with van der Waals surface area (Å²) in [6.45, 7) is 0. The predicted octanol–water partition coefficient (Wildman–Crippen LogP) is 3.62. The number of hydrogen-bond acceptors (Lipinski definition) is 5. The highest BCUT2D eigenvalue weighted by Gasteiger charge is 2.13. The van der Waals surface area contributed by atoms with Crippen LogP contribution in [0.4, 0.5) is 0 Å². The lowest BCUT2D eigenvalue weighted by molar-refractivity contribution is 0.0696. The Morgan fingerprint density at radius 2 is 1.10 bits per heavy atom. The second-order valence-corrected chi connectivity index (χ2v) is 5.68. The monoisotopic (exact) mass is 338 g/mol. The van der Waals surface area contributed by atoms with Crippen molar-refractivity contribution in [3.63, 3.8) is 0 Å². The Balaban J connectivity index is 2.68. The summed E-state index contributed by atoms with van der Waals surface area (Å²) >= 11 is 12.8. The van der Waals surface area contributed by atoms with Gasteiger partial charge in [0.25, 0.3) is 0 Å². The van der Waals surface area contributed by atoms with Crippen LogP contribution in [0.2, 0.25) is 0 Å². The second-order valence-electron chi connectivity index (χ2n) is 4.27. The van der Waals surface area contributed by atoms with Gasteiger partial charge < -0.3 is 10.2 Å². The van der Waals surface area contributed by atoms with E-state index in [1.54, 1.807) is 12.1 Å². The molecule has 108 valence electrons. The molecule has 4 nitrogen and oxygen atoms in total. The van der Waals surface area contributed by atoms with Gasteiger partial charge in [-0.15, -0.1) is 37.9 Å². The molecule has 0 bridgehead atoms. The lowest BCUT2D eigenvalue weighted by Crippen LogP contribution is -2.03. The summed E-state index contributed by atoms with van der Waals surface area (Å²) in [7, 11) is 0. The van der Waals surface area contributed by atoms with Gasteiger partial charge in [-0.05, 0) is 41.5 Å². The van der Waals surface area contributed by atoms with Crippen molar-refractivity contribution in [3.8, 4) is 11.1 Å². The van der Waals surface area contributed by atoms with E-state index in [-0.39, 0.29) is 11.1 Å². The molecule has 0 aliphatic heterocycles. The number of carboxylic acid groups (broad SMARTS) is 2. The maximum atomic E-state index is 11.1. The van der Waals surface area contributed by atoms with Gasteiger partial charge in [0.2, 0.25) is 0 Å². The van der Waals surface area contributed by atoms with Crippen LogP contribution in [-0.4, -0.2) is 22.2 Å². The molecule has 2 rings (SSSR count). The third-order valence-corrected chi connectivity index (χ3v) is 4.37. The molecule has 0 fully saturated rings. The van der Waals surface area contributed by atoms with E-state index in [0.717, 1.165) is 6.07 Å². The van der Waals surface area contributed by atoms with Crippen LogP contribution in [0.15, 0.2) is 45.0 Å². The average molecular weight is 338 g/mol. The Kier molecular flexibility index (Phi) is 4.55. The van der Waals surface area contributed by atoms with Gasteiger partial charge in [-0.25, -0.2) is 9.59 Å². The van der Waals surface area contributed by atoms with Gasteiger partial charge in [-0.1, -0.05) is 0 Å². The zero-order valence-corrected chi connectivity index (χ0v) is 13.1. The first kappa shape index (κ1) is 15.8. The molecule has 2 N–H and O–H groups in total. The summed E-state index contributed by atoms with van der Waals surface area (Å²) in [6.07, 6.45) is 0. The van der Waals surface area contributed by atoms with Crippen LogP contribution in [0.3, 0.4) is 0 Å². The molecule has 0 aliphatic rings. The largest absolute Gasteiger partial charge is 0.478 e. The highest BCUT2D eigenvalue weighted by Crippen LogP contribution is 2.32. The second kappa shape index (κ2) is 6.05. The first-order valence-corrected chi connectivity index (χ1v) is 7.00. The third-order valence-electron chi connectivity index (χ3n) is 2.83. The first-order valence-electron chi connectivity index (χ1n) is 5.66. The molecular formula is C14H10O4S3. The zero-order chi connectivity index (χ0) is 15.7. The Morgan fingerprint density at radius 1 is 0.714 bits per heavy atom. The smallest absolute Gasteiger partial charge is 0.335 e. The van der Waals surface area contributed by atoms with Crippen LogP contribution in [0.1, 0.15) is 20.7 Å². The van der Waals surface area contributed by atoms with E-state index < -0.39 is 11.9 Å². The van der Waals surface area contributed by atoms with Gasteiger partial charge in [-0.2, -0.15) is 0 Å². The number of aromatic carboxylic acids is 2. The fourth-order valence-corrected chi connectivity index (χ4v) is 2.55. The van der Waals surface area contributed by atoms with Gasteiger partial charge in [0, 0.05) is 14.7 Å². The average Bonchev–Trinajstić information content (AvgIpc) is 2.43. The van der Waals surface area contributed by atoms with Crippen LogP contribution in [0, 0.1) is 0 Å². The third kappa shape index (κ3) is 3.37. The van der Waals surface area contributed by atoms with E-state index in [9.17, 15) is 9.59 Å². The molecule has 0 saturated carbocycles. The molecule has 0 heterocycles. The predicted molar refractivity (Wildman–Crippen MR) is 87.6 cm³/mol. The number of carbonyl (C=O) groups is 2. The Labute approximate surface area is 137 Å². The van der Waals surface area contributed by atoms with Crippen LogP contribution in [0.5, 0.6) is 0 Å². The molecule has 21 heavy (non-hydrogen) atoms. The van der Waals surface area contributed by atoms with Crippen LogP contribution < -0.4 is 0 Å². The summed E-state index contributed by atoms with van der Waals surface area (Å²) in [4.78, 5) is 24.0. The molecule has 0 amide bonds. The number of thiol groups is 3. The maximum absolute atomic E-state index is 11.1. The normalized spacial score (nSPS) is 10.4. The summed E-state index contributed by atoms with van der Waals surface area (Å²) < 4.78 is 0. The van der Waals surface area contributed by atoms with Crippen molar-refractivity contribution in [2.24, 2.45) is 0 Å². The molecular weight excluding hydrogens is 328 g/mol. The molecule has 0 spiro atoms. The molecule has 0 unspecified atom stereocenters. The summed E-state index contributed by atoms with van der Waals surface area (Å²) in [6, 6.07) is 7.28. The first-order chi connectivity index (χ1) is 9.79. The van der Waals surface area contributed by atoms with E-state index in [1.165, 1.54) is 12.1 Å². The van der Waals surface area contributed by atoms with Crippen LogP contribution in [0.25, 0.3) is 11.1 Å². The number of benzene rings is 2. The molecule has 0 radical (unpaired) electrons. The fourth-order valence-electron chi connectivity index (χ4n) is 1.81. The van der Waals surface area contributed by atoms with E-state index in [1.807, 2.05) is 0 Å². The van der Waals surface area contributed by atoms with Crippen molar-refractivity contribution in [2.45, 2.75) is 14.7 Å². The van der Waals surface area contributed by atoms with Gasteiger partial charge in [-0.3, -0.25) is 0 Å². The topological polar surface area (TPSA) is 74.6 Å². The van der Waals surface area contributed by atoms with Gasteiger partial charge in [0.15, 0.2) is 0 Å². The van der Waals surface area contributed by atoms with Crippen LogP contribution in [-0.2, 0) is 0 Å². The Bertz CT molecular complexity index is 701. The maximum Gasteiger partial charge on any atom is 0.335 e. The summed E-state index contributed by atoms with van der Waals surface area (Å²) in [5.41, 5.74) is 0.891. The van der Waals surface area contributed by atoms with Crippen LogP contribution >= 0.6 is 37.9 Å². The molecule has 2 aromatic rings. The standard InChI is InChI=1S/C14H10O4S3/c15-13(16)8-1-6(2-9(3-8)14(17)18)7-4-10(19)12(21)11(20)5-7/h1-5,19-21H,(H,15,16)(H,17,18). The number of carboxylic acids is 2. The van der Waals surface area contributed by atoms with E-state index >= 15 is 0 Å². The van der Waals surface area contributed by atoms with Gasteiger partial charge in [0.1, 0.15) is 0 Å². The van der Waals surface area contributed by atoms with Crippen molar-refractivity contribution in [2.75, 3.05) is 0 Å². The summed E-state index contributed by atoms with van der Waals surface area (Å²) in [5, 5.41) is 18.2. The van der Waals surface area contributed by atoms with Crippen molar-refractivity contribution in [3.05, 3.63) is 41.5 Å². The minimum Gasteiger partial charge on any atom is -0.478 e. The summed E-state index contributed by atoms with van der Waals surface area (Å²) in [5.74, 6) is -2.38. The molecule has 0 aromatic heterocycles.